The van der Waals surface area contributed by atoms with Gasteiger partial charge in [-0.25, -0.2) is 0 Å². The lowest BCUT2D eigenvalue weighted by Gasteiger charge is -2.22. The Morgan fingerprint density at radius 3 is 2.71 bits per heavy atom. The van der Waals surface area contributed by atoms with Gasteiger partial charge in [0.2, 0.25) is 0 Å². The molecular formula is C10H14BrNO2. The molecule has 0 spiro atoms. The second-order valence-corrected chi connectivity index (χ2v) is 4.28. The van der Waals surface area contributed by atoms with Crippen molar-refractivity contribution in [1.29, 1.82) is 0 Å². The lowest BCUT2D eigenvalue weighted by molar-refractivity contribution is 0.209. The number of aliphatic hydroxyl groups is 1. The fourth-order valence-corrected chi connectivity index (χ4v) is 1.51. The summed E-state index contributed by atoms with van der Waals surface area (Å²) in [6.07, 6.45) is 0. The van der Waals surface area contributed by atoms with Crippen molar-refractivity contribution in [3.63, 3.8) is 0 Å². The molecule has 1 rings (SSSR count). The van der Waals surface area contributed by atoms with Gasteiger partial charge in [0.25, 0.3) is 0 Å². The first-order chi connectivity index (χ1) is 6.51. The van der Waals surface area contributed by atoms with Crippen LogP contribution in [0.5, 0.6) is 5.75 Å². The zero-order chi connectivity index (χ0) is 10.8. The van der Waals surface area contributed by atoms with E-state index in [1.165, 1.54) is 0 Å². The molecule has 4 heteroatoms. The Labute approximate surface area is 92.0 Å². The summed E-state index contributed by atoms with van der Waals surface area (Å²) in [5, 5.41) is 9.10. The lowest BCUT2D eigenvalue weighted by Crippen LogP contribution is -2.36. The third kappa shape index (κ3) is 2.26. The highest BCUT2D eigenvalue weighted by Gasteiger charge is 2.20. The smallest absolute Gasteiger partial charge is 0.133 e. The van der Waals surface area contributed by atoms with Crippen molar-refractivity contribution in [3.05, 3.63) is 28.2 Å². The highest BCUT2D eigenvalue weighted by molar-refractivity contribution is 9.10. The number of rotatable bonds is 3. The van der Waals surface area contributed by atoms with Crippen LogP contribution < -0.4 is 10.5 Å². The van der Waals surface area contributed by atoms with Crippen molar-refractivity contribution in [2.45, 2.75) is 12.5 Å². The molecule has 14 heavy (non-hydrogen) atoms. The Hall–Kier alpha value is -0.580. The van der Waals surface area contributed by atoms with Gasteiger partial charge >= 0.3 is 0 Å². The minimum atomic E-state index is -0.728. The number of methoxy groups -OCH3 is 1. The van der Waals surface area contributed by atoms with Gasteiger partial charge in [0.15, 0.2) is 0 Å². The van der Waals surface area contributed by atoms with E-state index in [9.17, 15) is 0 Å². The fourth-order valence-electron chi connectivity index (χ4n) is 1.11. The van der Waals surface area contributed by atoms with Crippen LogP contribution in [0.25, 0.3) is 0 Å². The topological polar surface area (TPSA) is 55.5 Å². The third-order valence-electron chi connectivity index (χ3n) is 2.14. The molecule has 0 saturated carbocycles. The summed E-state index contributed by atoms with van der Waals surface area (Å²) in [6, 6.07) is 5.54. The normalized spacial score (nSPS) is 14.9. The molecule has 0 aliphatic carbocycles. The molecule has 1 atom stereocenters. The molecular weight excluding hydrogens is 246 g/mol. The standard InChI is InChI=1S/C10H14BrNO2/c1-10(12,6-13)7-3-4-8(11)9(5-7)14-2/h3-5,13H,6,12H2,1-2H3. The van der Waals surface area contributed by atoms with Gasteiger partial charge in [-0.15, -0.1) is 0 Å². The summed E-state index contributed by atoms with van der Waals surface area (Å²) in [7, 11) is 1.59. The summed E-state index contributed by atoms with van der Waals surface area (Å²) < 4.78 is 6.01. The van der Waals surface area contributed by atoms with Gasteiger partial charge in [-0.1, -0.05) is 6.07 Å². The molecule has 0 saturated heterocycles. The summed E-state index contributed by atoms with van der Waals surface area (Å²) in [4.78, 5) is 0. The largest absolute Gasteiger partial charge is 0.496 e. The summed E-state index contributed by atoms with van der Waals surface area (Å²) in [5.41, 5.74) is 6.01. The Kier molecular flexibility index (Phi) is 3.53. The van der Waals surface area contributed by atoms with Gasteiger partial charge in [-0.05, 0) is 40.5 Å². The van der Waals surface area contributed by atoms with E-state index >= 15 is 0 Å². The highest BCUT2D eigenvalue weighted by Crippen LogP contribution is 2.29. The van der Waals surface area contributed by atoms with E-state index in [1.54, 1.807) is 14.0 Å². The predicted molar refractivity (Wildman–Crippen MR) is 59.3 cm³/mol. The van der Waals surface area contributed by atoms with Crippen molar-refractivity contribution in [2.24, 2.45) is 5.73 Å². The van der Waals surface area contributed by atoms with Crippen LogP contribution in [0, 0.1) is 0 Å². The molecule has 3 nitrogen and oxygen atoms in total. The first kappa shape index (κ1) is 11.5. The first-order valence-corrected chi connectivity index (χ1v) is 5.04. The number of hydrogen-bond donors (Lipinski definition) is 2. The van der Waals surface area contributed by atoms with Crippen molar-refractivity contribution < 1.29 is 9.84 Å². The van der Waals surface area contributed by atoms with Crippen LogP contribution in [0.15, 0.2) is 22.7 Å². The maximum atomic E-state index is 9.10. The Bertz CT molecular complexity index is 326. The molecule has 0 amide bonds. The number of ether oxygens (including phenoxy) is 1. The van der Waals surface area contributed by atoms with E-state index in [-0.39, 0.29) is 6.61 Å². The molecule has 3 N–H and O–H groups in total. The maximum Gasteiger partial charge on any atom is 0.133 e. The number of nitrogens with two attached hydrogens (primary N) is 1. The van der Waals surface area contributed by atoms with E-state index < -0.39 is 5.54 Å². The predicted octanol–water partition coefficient (Wildman–Crippen LogP) is 1.62. The molecule has 0 heterocycles. The zero-order valence-corrected chi connectivity index (χ0v) is 9.84. The summed E-state index contributed by atoms with van der Waals surface area (Å²) in [5.74, 6) is 0.715. The fraction of sp³-hybridized carbons (Fsp3) is 0.400. The maximum absolute atomic E-state index is 9.10. The SMILES string of the molecule is COc1cc(C(C)(N)CO)ccc1Br. The molecule has 78 valence electrons. The minimum absolute atomic E-state index is 0.0994. The van der Waals surface area contributed by atoms with Crippen LogP contribution in [-0.2, 0) is 5.54 Å². The zero-order valence-electron chi connectivity index (χ0n) is 8.25. The second-order valence-electron chi connectivity index (χ2n) is 3.42. The van der Waals surface area contributed by atoms with Crippen molar-refractivity contribution in [1.82, 2.24) is 0 Å². The number of aliphatic hydroxyl groups excluding tert-OH is 1. The summed E-state index contributed by atoms with van der Waals surface area (Å²) in [6.45, 7) is 1.67. The van der Waals surface area contributed by atoms with Crippen molar-refractivity contribution in [3.8, 4) is 5.75 Å². The van der Waals surface area contributed by atoms with E-state index in [0.717, 1.165) is 10.0 Å². The Balaban J connectivity index is 3.12. The lowest BCUT2D eigenvalue weighted by atomic mass is 9.94. The van der Waals surface area contributed by atoms with Gasteiger partial charge < -0.3 is 15.6 Å². The number of benzene rings is 1. The van der Waals surface area contributed by atoms with Gasteiger partial charge in [0, 0.05) is 0 Å². The quantitative estimate of drug-likeness (QED) is 0.868. The van der Waals surface area contributed by atoms with Crippen LogP contribution >= 0.6 is 15.9 Å². The monoisotopic (exact) mass is 259 g/mol. The average Bonchev–Trinajstić information content (AvgIpc) is 2.18. The van der Waals surface area contributed by atoms with E-state index in [1.807, 2.05) is 18.2 Å². The molecule has 0 aromatic heterocycles. The molecule has 0 radical (unpaired) electrons. The van der Waals surface area contributed by atoms with Crippen LogP contribution in [0.4, 0.5) is 0 Å². The van der Waals surface area contributed by atoms with E-state index in [0.29, 0.717) is 5.75 Å². The van der Waals surface area contributed by atoms with Crippen LogP contribution in [0.3, 0.4) is 0 Å². The van der Waals surface area contributed by atoms with Gasteiger partial charge in [-0.3, -0.25) is 0 Å². The molecule has 1 aromatic rings. The third-order valence-corrected chi connectivity index (χ3v) is 2.79. The van der Waals surface area contributed by atoms with Gasteiger partial charge in [0.1, 0.15) is 5.75 Å². The second kappa shape index (κ2) is 4.29. The van der Waals surface area contributed by atoms with Crippen molar-refractivity contribution >= 4 is 15.9 Å². The van der Waals surface area contributed by atoms with Gasteiger partial charge in [0.05, 0.1) is 23.7 Å². The molecule has 1 aromatic carbocycles. The molecule has 0 aliphatic rings. The van der Waals surface area contributed by atoms with Gasteiger partial charge in [-0.2, -0.15) is 0 Å². The highest BCUT2D eigenvalue weighted by atomic mass is 79.9. The van der Waals surface area contributed by atoms with Crippen LogP contribution in [-0.4, -0.2) is 18.8 Å². The molecule has 0 bridgehead atoms. The molecule has 0 fully saturated rings. The first-order valence-electron chi connectivity index (χ1n) is 4.25. The Morgan fingerprint density at radius 1 is 1.57 bits per heavy atom. The molecule has 0 aliphatic heterocycles. The number of hydrogen-bond acceptors (Lipinski definition) is 3. The average molecular weight is 260 g/mol. The number of halogens is 1. The summed E-state index contributed by atoms with van der Waals surface area (Å²) >= 11 is 3.35. The van der Waals surface area contributed by atoms with E-state index in [2.05, 4.69) is 15.9 Å². The Morgan fingerprint density at radius 2 is 2.21 bits per heavy atom. The molecule has 1 unspecified atom stereocenters. The minimum Gasteiger partial charge on any atom is -0.496 e. The van der Waals surface area contributed by atoms with Crippen LogP contribution in [0.1, 0.15) is 12.5 Å². The van der Waals surface area contributed by atoms with E-state index in [4.69, 9.17) is 15.6 Å². The van der Waals surface area contributed by atoms with Crippen molar-refractivity contribution in [2.75, 3.05) is 13.7 Å². The van der Waals surface area contributed by atoms with Crippen LogP contribution in [0.2, 0.25) is 0 Å².